The third-order valence-electron chi connectivity index (χ3n) is 2.08. The van der Waals surface area contributed by atoms with Crippen molar-refractivity contribution in [2.75, 3.05) is 11.9 Å². The zero-order valence-corrected chi connectivity index (χ0v) is 9.16. The Morgan fingerprint density at radius 1 is 1.71 bits per heavy atom. The molecule has 0 saturated carbocycles. The third-order valence-corrected chi connectivity index (χ3v) is 2.24. The highest BCUT2D eigenvalue weighted by Crippen LogP contribution is 2.11. The van der Waals surface area contributed by atoms with Crippen LogP contribution in [0.15, 0.2) is 18.3 Å². The fourth-order valence-corrected chi connectivity index (χ4v) is 1.38. The zero-order valence-electron chi connectivity index (χ0n) is 8.34. The van der Waals surface area contributed by atoms with Gasteiger partial charge in [0.2, 0.25) is 0 Å². The van der Waals surface area contributed by atoms with Crippen molar-refractivity contribution in [3.63, 3.8) is 0 Å². The first-order valence-electron chi connectivity index (χ1n) is 4.40. The van der Waals surface area contributed by atoms with Crippen LogP contribution in [-0.2, 0) is 0 Å². The van der Waals surface area contributed by atoms with Crippen LogP contribution in [0.3, 0.4) is 0 Å². The van der Waals surface area contributed by atoms with Crippen LogP contribution in [0.2, 0.25) is 0 Å². The van der Waals surface area contributed by atoms with Crippen LogP contribution in [0, 0.1) is 0 Å². The normalized spacial score (nSPS) is 12.1. The van der Waals surface area contributed by atoms with E-state index in [1.165, 1.54) is 0 Å². The molecule has 0 saturated heterocycles. The summed E-state index contributed by atoms with van der Waals surface area (Å²) in [5.41, 5.74) is 5.48. The van der Waals surface area contributed by atoms with E-state index < -0.39 is 0 Å². The van der Waals surface area contributed by atoms with E-state index in [9.17, 15) is 0 Å². The summed E-state index contributed by atoms with van der Waals surface area (Å²) in [6.07, 6.45) is 2.33. The molecule has 4 nitrogen and oxygen atoms in total. The van der Waals surface area contributed by atoms with Crippen LogP contribution in [0.1, 0.15) is 13.3 Å². The average molecular weight is 210 g/mol. The summed E-state index contributed by atoms with van der Waals surface area (Å²) >= 11 is 4.86. The third kappa shape index (κ3) is 2.92. The van der Waals surface area contributed by atoms with Crippen molar-refractivity contribution in [3.8, 4) is 0 Å². The van der Waals surface area contributed by atoms with Crippen molar-refractivity contribution < 1.29 is 0 Å². The van der Waals surface area contributed by atoms with Gasteiger partial charge >= 0.3 is 0 Å². The van der Waals surface area contributed by atoms with Gasteiger partial charge in [-0.15, -0.1) is 5.10 Å². The van der Waals surface area contributed by atoms with Crippen molar-refractivity contribution in [1.82, 2.24) is 10.2 Å². The van der Waals surface area contributed by atoms with E-state index in [1.807, 2.05) is 31.0 Å². The number of anilines is 1. The Kier molecular flexibility index (Phi) is 3.76. The first kappa shape index (κ1) is 10.8. The van der Waals surface area contributed by atoms with Gasteiger partial charge in [-0.3, -0.25) is 0 Å². The molecule has 1 rings (SSSR count). The van der Waals surface area contributed by atoms with Gasteiger partial charge in [-0.1, -0.05) is 12.2 Å². The first-order chi connectivity index (χ1) is 6.61. The van der Waals surface area contributed by atoms with E-state index in [4.69, 9.17) is 18.0 Å². The average Bonchev–Trinajstić information content (AvgIpc) is 2.17. The van der Waals surface area contributed by atoms with Crippen LogP contribution in [0.5, 0.6) is 0 Å². The second-order valence-corrected chi connectivity index (χ2v) is 3.74. The van der Waals surface area contributed by atoms with Crippen molar-refractivity contribution in [2.45, 2.75) is 19.4 Å². The summed E-state index contributed by atoms with van der Waals surface area (Å²) in [5, 5.41) is 7.81. The molecule has 0 aromatic carbocycles. The van der Waals surface area contributed by atoms with E-state index in [1.54, 1.807) is 6.20 Å². The zero-order chi connectivity index (χ0) is 10.6. The van der Waals surface area contributed by atoms with Crippen LogP contribution < -0.4 is 10.6 Å². The minimum atomic E-state index is 0.240. The Labute approximate surface area is 89.1 Å². The molecule has 2 N–H and O–H groups in total. The highest BCUT2D eigenvalue weighted by Gasteiger charge is 2.11. The molecule has 14 heavy (non-hydrogen) atoms. The molecule has 0 bridgehead atoms. The molecule has 0 radical (unpaired) electrons. The molecule has 0 aliphatic carbocycles. The first-order valence-corrected chi connectivity index (χ1v) is 4.81. The van der Waals surface area contributed by atoms with Gasteiger partial charge in [0.05, 0.1) is 4.99 Å². The maximum atomic E-state index is 5.48. The molecule has 1 aromatic rings. The van der Waals surface area contributed by atoms with Crippen LogP contribution in [0.4, 0.5) is 5.82 Å². The van der Waals surface area contributed by atoms with Crippen molar-refractivity contribution in [1.29, 1.82) is 0 Å². The van der Waals surface area contributed by atoms with Gasteiger partial charge in [0.1, 0.15) is 0 Å². The van der Waals surface area contributed by atoms with Gasteiger partial charge in [0.25, 0.3) is 0 Å². The van der Waals surface area contributed by atoms with Crippen LogP contribution >= 0.6 is 12.2 Å². The number of nitrogens with zero attached hydrogens (tertiary/aromatic N) is 3. The lowest BCUT2D eigenvalue weighted by Crippen LogP contribution is -2.33. The second-order valence-electron chi connectivity index (χ2n) is 3.21. The largest absolute Gasteiger partial charge is 0.393 e. The van der Waals surface area contributed by atoms with Crippen molar-refractivity contribution in [3.05, 3.63) is 18.3 Å². The lowest BCUT2D eigenvalue weighted by molar-refractivity contribution is 0.698. The molecular weight excluding hydrogens is 196 g/mol. The number of aromatic nitrogens is 2. The molecule has 1 heterocycles. The standard InChI is InChI=1S/C9H14N4S/c1-7(6-8(10)14)13(2)9-4-3-5-11-12-9/h3-5,7H,6H2,1-2H3,(H2,10,14). The summed E-state index contributed by atoms with van der Waals surface area (Å²) in [6.45, 7) is 2.05. The SMILES string of the molecule is CC(CC(N)=S)N(C)c1cccnn1. The molecule has 1 aromatic heterocycles. The molecule has 0 aliphatic heterocycles. The van der Waals surface area contributed by atoms with Crippen molar-refractivity contribution in [2.24, 2.45) is 5.73 Å². The Morgan fingerprint density at radius 3 is 2.93 bits per heavy atom. The van der Waals surface area contributed by atoms with Gasteiger partial charge in [0, 0.05) is 25.7 Å². The molecule has 76 valence electrons. The van der Waals surface area contributed by atoms with Gasteiger partial charge < -0.3 is 10.6 Å². The van der Waals surface area contributed by atoms with E-state index in [0.29, 0.717) is 11.4 Å². The van der Waals surface area contributed by atoms with Crippen molar-refractivity contribution >= 4 is 23.0 Å². The Morgan fingerprint density at radius 2 is 2.43 bits per heavy atom. The Balaban J connectivity index is 2.65. The second kappa shape index (κ2) is 4.85. The summed E-state index contributed by atoms with van der Waals surface area (Å²) in [7, 11) is 1.95. The number of nitrogens with two attached hydrogens (primary N) is 1. The molecule has 0 fully saturated rings. The molecule has 0 amide bonds. The van der Waals surface area contributed by atoms with Gasteiger partial charge in [-0.25, -0.2) is 0 Å². The monoisotopic (exact) mass is 210 g/mol. The van der Waals surface area contributed by atoms with Gasteiger partial charge in [-0.05, 0) is 19.1 Å². The highest BCUT2D eigenvalue weighted by atomic mass is 32.1. The fourth-order valence-electron chi connectivity index (χ4n) is 1.14. The van der Waals surface area contributed by atoms with E-state index in [0.717, 1.165) is 5.82 Å². The number of hydrogen-bond acceptors (Lipinski definition) is 4. The fraction of sp³-hybridized carbons (Fsp3) is 0.444. The van der Waals surface area contributed by atoms with Crippen LogP contribution in [0.25, 0.3) is 0 Å². The quantitative estimate of drug-likeness (QED) is 0.751. The number of thiocarbonyl (C=S) groups is 1. The maximum absolute atomic E-state index is 5.48. The topological polar surface area (TPSA) is 55.0 Å². The lowest BCUT2D eigenvalue weighted by Gasteiger charge is -2.24. The smallest absolute Gasteiger partial charge is 0.151 e. The summed E-state index contributed by atoms with van der Waals surface area (Å²) in [6, 6.07) is 4.00. The number of rotatable bonds is 4. The van der Waals surface area contributed by atoms with Gasteiger partial charge in [-0.2, -0.15) is 5.10 Å². The number of hydrogen-bond donors (Lipinski definition) is 1. The lowest BCUT2D eigenvalue weighted by atomic mass is 10.2. The predicted octanol–water partition coefficient (Wildman–Crippen LogP) is 0.977. The molecule has 0 spiro atoms. The minimum absolute atomic E-state index is 0.240. The molecule has 1 unspecified atom stereocenters. The van der Waals surface area contributed by atoms with E-state index in [2.05, 4.69) is 10.2 Å². The molecule has 5 heteroatoms. The Hall–Kier alpha value is -1.23. The summed E-state index contributed by atoms with van der Waals surface area (Å²) in [5.74, 6) is 0.830. The predicted molar refractivity (Wildman–Crippen MR) is 61.3 cm³/mol. The summed E-state index contributed by atoms with van der Waals surface area (Å²) in [4.78, 5) is 2.53. The Bertz CT molecular complexity index is 301. The molecular formula is C9H14N4S. The van der Waals surface area contributed by atoms with E-state index >= 15 is 0 Å². The minimum Gasteiger partial charge on any atom is -0.393 e. The summed E-state index contributed by atoms with van der Waals surface area (Å²) < 4.78 is 0. The molecule has 1 atom stereocenters. The molecule has 0 aliphatic rings. The van der Waals surface area contributed by atoms with Gasteiger partial charge in [0.15, 0.2) is 5.82 Å². The van der Waals surface area contributed by atoms with E-state index in [-0.39, 0.29) is 6.04 Å². The van der Waals surface area contributed by atoms with Crippen LogP contribution in [-0.4, -0.2) is 28.3 Å². The maximum Gasteiger partial charge on any atom is 0.151 e. The highest BCUT2D eigenvalue weighted by molar-refractivity contribution is 7.80.